The third-order valence-electron chi connectivity index (χ3n) is 12.5. The van der Waals surface area contributed by atoms with Crippen LogP contribution in [0.4, 0.5) is 0 Å². The van der Waals surface area contributed by atoms with E-state index in [1.165, 1.54) is 34.0 Å². The van der Waals surface area contributed by atoms with Gasteiger partial charge >= 0.3 is 35.0 Å². The fraction of sp³-hybridized carbons (Fsp3) is 1.00. The molecule has 0 amide bonds. The van der Waals surface area contributed by atoms with Gasteiger partial charge in [-0.25, -0.2) is 0 Å². The van der Waals surface area contributed by atoms with Gasteiger partial charge in [-0.1, -0.05) is 38.5 Å². The third-order valence-corrected chi connectivity index (χ3v) is 21.6. The van der Waals surface area contributed by atoms with Crippen LogP contribution in [-0.2, 0) is 15.9 Å². The second kappa shape index (κ2) is 21.8. The van der Waals surface area contributed by atoms with Gasteiger partial charge in [-0.3, -0.25) is 0 Å². The van der Waals surface area contributed by atoms with Crippen LogP contribution in [0.5, 0.6) is 0 Å². The van der Waals surface area contributed by atoms with Crippen LogP contribution in [0.2, 0.25) is 0 Å². The molecule has 0 nitrogen and oxygen atoms in total. The Kier molecular flexibility index (Phi) is 19.1. The van der Waals surface area contributed by atoms with Gasteiger partial charge in [-0.05, 0) is 154 Å². The van der Waals surface area contributed by atoms with Crippen LogP contribution in [0.3, 0.4) is 0 Å². The zero-order valence-electron chi connectivity index (χ0n) is 26.7. The van der Waals surface area contributed by atoms with E-state index in [0.29, 0.717) is 0 Å². The first-order chi connectivity index (χ1) is 20.3. The average molecular weight is 740 g/mol. The summed E-state index contributed by atoms with van der Waals surface area (Å²) in [6.07, 6.45) is 47.6. The van der Waals surface area contributed by atoms with Crippen molar-refractivity contribution in [2.75, 3.05) is 0 Å². The summed E-state index contributed by atoms with van der Waals surface area (Å²) in [5.41, 5.74) is 7.36. The van der Waals surface area contributed by atoms with Gasteiger partial charge in [-0.15, -0.1) is 0 Å². The molecule has 0 radical (unpaired) electrons. The molecular formula is C36H68Cl2P2Pd+2. The number of halogens is 2. The van der Waals surface area contributed by atoms with Crippen molar-refractivity contribution >= 4 is 34.9 Å². The van der Waals surface area contributed by atoms with E-state index < -0.39 is 0 Å². The zero-order valence-corrected chi connectivity index (χ0v) is 31.8. The van der Waals surface area contributed by atoms with Gasteiger partial charge < -0.3 is 0 Å². The summed E-state index contributed by atoms with van der Waals surface area (Å²) in [6.45, 7) is 0. The summed E-state index contributed by atoms with van der Waals surface area (Å²) in [7, 11) is 9.53. The molecule has 0 bridgehead atoms. The summed E-state index contributed by atoms with van der Waals surface area (Å²) in [5.74, 6) is 0. The molecule has 6 rings (SSSR count). The van der Waals surface area contributed by atoms with Gasteiger partial charge in [0.2, 0.25) is 0 Å². The Hall–Kier alpha value is 2.10. The second-order valence-electron chi connectivity index (χ2n) is 15.1. The van der Waals surface area contributed by atoms with E-state index >= 15 is 0 Å². The summed E-state index contributed by atoms with van der Waals surface area (Å²) in [6, 6.07) is 0. The fourth-order valence-corrected chi connectivity index (χ4v) is 21.1. The topological polar surface area (TPSA) is 0 Å². The molecular weight excluding hydrogens is 672 g/mol. The van der Waals surface area contributed by atoms with Crippen molar-refractivity contribution in [3.8, 4) is 0 Å². The molecule has 0 heterocycles. The molecule has 0 aliphatic heterocycles. The first-order valence-electron chi connectivity index (χ1n) is 18.9. The van der Waals surface area contributed by atoms with Crippen molar-refractivity contribution in [1.29, 1.82) is 0 Å². The normalized spacial score (nSPS) is 27.3. The fourth-order valence-electron chi connectivity index (χ4n) is 10.6. The average Bonchev–Trinajstić information content (AvgIpc) is 3.05. The Bertz CT molecular complexity index is 490. The minimum atomic E-state index is -0.106. The molecule has 0 aromatic carbocycles. The summed E-state index contributed by atoms with van der Waals surface area (Å²) >= 11 is -0.106. The molecule has 0 saturated heterocycles. The predicted molar refractivity (Wildman–Crippen MR) is 190 cm³/mol. The van der Waals surface area contributed by atoms with E-state index in [4.69, 9.17) is 19.1 Å². The van der Waals surface area contributed by atoms with E-state index in [-0.39, 0.29) is 31.8 Å². The quantitative estimate of drug-likeness (QED) is 0.188. The van der Waals surface area contributed by atoms with Crippen molar-refractivity contribution in [2.24, 2.45) is 0 Å². The summed E-state index contributed by atoms with van der Waals surface area (Å²) < 4.78 is 0. The van der Waals surface area contributed by atoms with Crippen molar-refractivity contribution in [3.05, 3.63) is 0 Å². The van der Waals surface area contributed by atoms with Crippen LogP contribution in [0.15, 0.2) is 0 Å². The SMILES string of the molecule is C1CCC([PH+](C2CCCCC2)C2CCCCC2)CC1.C1CCC([PH+](C2CCCCC2)C2CCCCC2)CC1.[Cl][Pd][Cl]. The molecule has 0 N–H and O–H groups in total. The Morgan fingerprint density at radius 1 is 0.268 bits per heavy atom. The molecule has 6 aliphatic rings. The Morgan fingerprint density at radius 3 is 0.512 bits per heavy atom. The summed E-state index contributed by atoms with van der Waals surface area (Å²) in [4.78, 5) is 0. The predicted octanol–water partition coefficient (Wildman–Crippen LogP) is 13.8. The van der Waals surface area contributed by atoms with E-state index in [1.807, 2.05) is 0 Å². The molecule has 6 aliphatic carbocycles. The van der Waals surface area contributed by atoms with Gasteiger partial charge in [-0.2, -0.15) is 0 Å². The molecule has 6 saturated carbocycles. The molecule has 0 aromatic heterocycles. The van der Waals surface area contributed by atoms with Crippen LogP contribution in [0, 0.1) is 0 Å². The van der Waals surface area contributed by atoms with Crippen molar-refractivity contribution < 1.29 is 15.9 Å². The summed E-state index contributed by atoms with van der Waals surface area (Å²) in [5, 5.41) is 0. The Balaban J connectivity index is 0.000000173. The molecule has 41 heavy (non-hydrogen) atoms. The third kappa shape index (κ3) is 12.3. The monoisotopic (exact) mass is 738 g/mol. The second-order valence-corrected chi connectivity index (χ2v) is 24.3. The molecule has 0 spiro atoms. The van der Waals surface area contributed by atoms with Crippen molar-refractivity contribution in [3.63, 3.8) is 0 Å². The van der Waals surface area contributed by atoms with Crippen LogP contribution >= 0.6 is 34.9 Å². The van der Waals surface area contributed by atoms with Crippen molar-refractivity contribution in [2.45, 2.75) is 227 Å². The molecule has 5 heteroatoms. The van der Waals surface area contributed by atoms with Crippen LogP contribution in [0.25, 0.3) is 0 Å². The van der Waals surface area contributed by atoms with Crippen molar-refractivity contribution in [1.82, 2.24) is 0 Å². The Labute approximate surface area is 275 Å². The molecule has 244 valence electrons. The zero-order chi connectivity index (χ0) is 28.5. The molecule has 0 atom stereocenters. The number of hydrogen-bond acceptors (Lipinski definition) is 0. The maximum absolute atomic E-state index is 4.81. The molecule has 6 fully saturated rings. The van der Waals surface area contributed by atoms with Crippen LogP contribution in [0.1, 0.15) is 193 Å². The van der Waals surface area contributed by atoms with Crippen LogP contribution in [-0.4, -0.2) is 34.0 Å². The maximum atomic E-state index is 4.81. The van der Waals surface area contributed by atoms with Crippen LogP contribution < -0.4 is 0 Å². The van der Waals surface area contributed by atoms with Gasteiger partial charge in [0.1, 0.15) is 0 Å². The van der Waals surface area contributed by atoms with Gasteiger partial charge in [0, 0.05) is 15.8 Å². The first-order valence-corrected chi connectivity index (χ1v) is 26.3. The minimum absolute atomic E-state index is 0.0465. The van der Waals surface area contributed by atoms with Gasteiger partial charge in [0.15, 0.2) is 0 Å². The standard InChI is InChI=1S/2C18H33P.2ClH.Pd/c2*1-4-10-16(11-5-1)19(17-12-6-2-7-13-17)18-14-8-3-9-15-18;;;/h2*16-18H,1-15H2;2*1H;/q;;;;+2. The van der Waals surface area contributed by atoms with E-state index in [9.17, 15) is 0 Å². The Morgan fingerprint density at radius 2 is 0.390 bits per heavy atom. The number of rotatable bonds is 6. The molecule has 0 unspecified atom stereocenters. The van der Waals surface area contributed by atoms with E-state index in [1.54, 1.807) is 193 Å². The first kappa shape index (κ1) is 35.9. The van der Waals surface area contributed by atoms with E-state index in [2.05, 4.69) is 0 Å². The molecule has 0 aromatic rings. The van der Waals surface area contributed by atoms with Gasteiger partial charge in [0.25, 0.3) is 0 Å². The van der Waals surface area contributed by atoms with E-state index in [0.717, 1.165) is 0 Å². The number of hydrogen-bond donors (Lipinski definition) is 0. The van der Waals surface area contributed by atoms with Gasteiger partial charge in [0.05, 0.1) is 34.0 Å².